The van der Waals surface area contributed by atoms with Gasteiger partial charge in [-0.3, -0.25) is 4.79 Å². The lowest BCUT2D eigenvalue weighted by molar-refractivity contribution is -0.117. The Balaban J connectivity index is 2.76. The van der Waals surface area contributed by atoms with Gasteiger partial charge < -0.3 is 11.1 Å². The zero-order chi connectivity index (χ0) is 13.9. The third kappa shape index (κ3) is 3.73. The van der Waals surface area contributed by atoms with Crippen molar-refractivity contribution < 1.29 is 18.0 Å². The Morgan fingerprint density at radius 2 is 1.78 bits per heavy atom. The number of anilines is 1. The van der Waals surface area contributed by atoms with Crippen LogP contribution in [0.15, 0.2) is 12.1 Å². The Kier molecular flexibility index (Phi) is 4.72. The maximum atomic E-state index is 12.9. The Morgan fingerprint density at radius 3 is 2.22 bits per heavy atom. The summed E-state index contributed by atoms with van der Waals surface area (Å²) in [6.07, 6.45) is 0.442. The first-order valence-electron chi connectivity index (χ1n) is 5.52. The van der Waals surface area contributed by atoms with Gasteiger partial charge in [-0.2, -0.15) is 0 Å². The molecule has 1 aromatic carbocycles. The summed E-state index contributed by atoms with van der Waals surface area (Å²) in [5.41, 5.74) is 5.44. The minimum atomic E-state index is -1.57. The highest BCUT2D eigenvalue weighted by Gasteiger charge is 2.17. The Labute approximate surface area is 103 Å². The maximum Gasteiger partial charge on any atom is 0.241 e. The van der Waals surface area contributed by atoms with Gasteiger partial charge in [-0.05, 0) is 12.3 Å². The average molecular weight is 260 g/mol. The normalized spacial score (nSPS) is 12.6. The molecule has 6 heteroatoms. The molecule has 18 heavy (non-hydrogen) atoms. The molecule has 0 heterocycles. The molecule has 0 aliphatic rings. The number of halogens is 3. The molecule has 0 aliphatic heterocycles. The standard InChI is InChI=1S/C12H15F3N2O/c1-6(2)3-10(16)12(18)17-7-4-8(13)11(15)9(14)5-7/h4-6,10H,3,16H2,1-2H3,(H,17,18)/t10-/m0/s1. The van der Waals surface area contributed by atoms with Gasteiger partial charge in [0.15, 0.2) is 17.5 Å². The second kappa shape index (κ2) is 5.86. The van der Waals surface area contributed by atoms with Crippen LogP contribution in [0.1, 0.15) is 20.3 Å². The van der Waals surface area contributed by atoms with E-state index in [9.17, 15) is 18.0 Å². The fourth-order valence-electron chi connectivity index (χ4n) is 1.48. The van der Waals surface area contributed by atoms with E-state index in [1.807, 2.05) is 13.8 Å². The SMILES string of the molecule is CC(C)C[C@H](N)C(=O)Nc1cc(F)c(F)c(F)c1. The molecule has 1 rings (SSSR count). The van der Waals surface area contributed by atoms with Gasteiger partial charge in [-0.25, -0.2) is 13.2 Å². The van der Waals surface area contributed by atoms with Crippen LogP contribution < -0.4 is 11.1 Å². The van der Waals surface area contributed by atoms with E-state index in [4.69, 9.17) is 5.73 Å². The Hall–Kier alpha value is -1.56. The molecular weight excluding hydrogens is 245 g/mol. The lowest BCUT2D eigenvalue weighted by atomic mass is 10.0. The van der Waals surface area contributed by atoms with Gasteiger partial charge in [0.1, 0.15) is 0 Å². The number of rotatable bonds is 4. The molecule has 1 amide bonds. The van der Waals surface area contributed by atoms with Crippen molar-refractivity contribution >= 4 is 11.6 Å². The number of hydrogen-bond donors (Lipinski definition) is 2. The third-order valence-corrected chi connectivity index (χ3v) is 2.31. The predicted octanol–water partition coefficient (Wildman–Crippen LogP) is 2.42. The summed E-state index contributed by atoms with van der Waals surface area (Å²) in [6.45, 7) is 3.79. The molecule has 100 valence electrons. The number of amides is 1. The number of nitrogens with two attached hydrogens (primary N) is 1. The molecular formula is C12H15F3N2O. The molecule has 3 N–H and O–H groups in total. The van der Waals surface area contributed by atoms with Crippen molar-refractivity contribution in [1.82, 2.24) is 0 Å². The van der Waals surface area contributed by atoms with Crippen LogP contribution in [0.25, 0.3) is 0 Å². The lowest BCUT2D eigenvalue weighted by Gasteiger charge is -2.14. The fraction of sp³-hybridized carbons (Fsp3) is 0.417. The number of hydrogen-bond acceptors (Lipinski definition) is 2. The predicted molar refractivity (Wildman–Crippen MR) is 62.4 cm³/mol. The number of carbonyl (C=O) groups is 1. The van der Waals surface area contributed by atoms with E-state index < -0.39 is 29.4 Å². The second-order valence-corrected chi connectivity index (χ2v) is 4.48. The summed E-state index contributed by atoms with van der Waals surface area (Å²) in [5, 5.41) is 2.25. The van der Waals surface area contributed by atoms with E-state index in [1.54, 1.807) is 0 Å². The summed E-state index contributed by atoms with van der Waals surface area (Å²) in [7, 11) is 0. The maximum absolute atomic E-state index is 12.9. The van der Waals surface area contributed by atoms with Crippen LogP contribution >= 0.6 is 0 Å². The van der Waals surface area contributed by atoms with Crippen LogP contribution in [-0.2, 0) is 4.79 Å². The Bertz CT molecular complexity index is 426. The van der Waals surface area contributed by atoms with E-state index in [2.05, 4.69) is 5.32 Å². The first-order valence-corrected chi connectivity index (χ1v) is 5.52. The van der Waals surface area contributed by atoms with Crippen molar-refractivity contribution in [2.45, 2.75) is 26.3 Å². The van der Waals surface area contributed by atoms with E-state index in [0.29, 0.717) is 18.6 Å². The van der Waals surface area contributed by atoms with Crippen LogP contribution in [0.5, 0.6) is 0 Å². The first-order chi connectivity index (χ1) is 8.31. The molecule has 3 nitrogen and oxygen atoms in total. The van der Waals surface area contributed by atoms with E-state index in [1.165, 1.54) is 0 Å². The van der Waals surface area contributed by atoms with E-state index in [0.717, 1.165) is 0 Å². The van der Waals surface area contributed by atoms with Crippen molar-refractivity contribution in [3.63, 3.8) is 0 Å². The lowest BCUT2D eigenvalue weighted by Crippen LogP contribution is -2.36. The minimum absolute atomic E-state index is 0.157. The molecule has 0 aromatic heterocycles. The summed E-state index contributed by atoms with van der Waals surface area (Å²) in [5.74, 6) is -4.63. The van der Waals surface area contributed by atoms with Gasteiger partial charge in [0.2, 0.25) is 5.91 Å². The van der Waals surface area contributed by atoms with Gasteiger partial charge in [-0.1, -0.05) is 13.8 Å². The number of benzene rings is 1. The van der Waals surface area contributed by atoms with Crippen LogP contribution in [0.4, 0.5) is 18.9 Å². The van der Waals surface area contributed by atoms with Crippen LogP contribution in [0.2, 0.25) is 0 Å². The molecule has 0 unspecified atom stereocenters. The van der Waals surface area contributed by atoms with Crippen molar-refractivity contribution in [3.05, 3.63) is 29.6 Å². The van der Waals surface area contributed by atoms with Gasteiger partial charge in [-0.15, -0.1) is 0 Å². The average Bonchev–Trinajstić information content (AvgIpc) is 2.24. The fourth-order valence-corrected chi connectivity index (χ4v) is 1.48. The smallest absolute Gasteiger partial charge is 0.241 e. The zero-order valence-electron chi connectivity index (χ0n) is 10.1. The summed E-state index contributed by atoms with van der Waals surface area (Å²) in [6, 6.07) is 0.637. The van der Waals surface area contributed by atoms with E-state index >= 15 is 0 Å². The monoisotopic (exact) mass is 260 g/mol. The molecule has 0 bridgehead atoms. The molecule has 0 radical (unpaired) electrons. The van der Waals surface area contributed by atoms with Gasteiger partial charge >= 0.3 is 0 Å². The molecule has 1 atom stereocenters. The van der Waals surface area contributed by atoms with Gasteiger partial charge in [0, 0.05) is 17.8 Å². The van der Waals surface area contributed by atoms with Gasteiger partial charge in [0.05, 0.1) is 6.04 Å². The highest BCUT2D eigenvalue weighted by Crippen LogP contribution is 2.17. The summed E-state index contributed by atoms with van der Waals surface area (Å²) >= 11 is 0. The van der Waals surface area contributed by atoms with Crippen LogP contribution in [0, 0.1) is 23.4 Å². The first kappa shape index (κ1) is 14.5. The molecule has 0 spiro atoms. The molecule has 1 aromatic rings. The topological polar surface area (TPSA) is 55.1 Å². The molecule has 0 aliphatic carbocycles. The molecule has 0 fully saturated rings. The van der Waals surface area contributed by atoms with Crippen LogP contribution in [-0.4, -0.2) is 11.9 Å². The Morgan fingerprint density at radius 1 is 1.28 bits per heavy atom. The number of nitrogens with one attached hydrogen (secondary N) is 1. The highest BCUT2D eigenvalue weighted by atomic mass is 19.2. The van der Waals surface area contributed by atoms with E-state index in [-0.39, 0.29) is 11.6 Å². The number of carbonyl (C=O) groups excluding carboxylic acids is 1. The summed E-state index contributed by atoms with van der Waals surface area (Å²) < 4.78 is 38.5. The third-order valence-electron chi connectivity index (χ3n) is 2.31. The zero-order valence-corrected chi connectivity index (χ0v) is 10.1. The van der Waals surface area contributed by atoms with Crippen molar-refractivity contribution in [3.8, 4) is 0 Å². The molecule has 0 saturated carbocycles. The van der Waals surface area contributed by atoms with Crippen LogP contribution in [0.3, 0.4) is 0 Å². The largest absolute Gasteiger partial charge is 0.325 e. The quantitative estimate of drug-likeness (QED) is 0.817. The van der Waals surface area contributed by atoms with Gasteiger partial charge in [0.25, 0.3) is 0 Å². The summed E-state index contributed by atoms with van der Waals surface area (Å²) in [4.78, 5) is 11.6. The highest BCUT2D eigenvalue weighted by molar-refractivity contribution is 5.94. The second-order valence-electron chi connectivity index (χ2n) is 4.48. The van der Waals surface area contributed by atoms with Crippen molar-refractivity contribution in [2.24, 2.45) is 11.7 Å². The van der Waals surface area contributed by atoms with Crippen molar-refractivity contribution in [2.75, 3.05) is 5.32 Å². The minimum Gasteiger partial charge on any atom is -0.325 e. The van der Waals surface area contributed by atoms with Crippen molar-refractivity contribution in [1.29, 1.82) is 0 Å². The molecule has 0 saturated heterocycles.